The van der Waals surface area contributed by atoms with Crippen LogP contribution in [0.5, 0.6) is 5.75 Å². The first kappa shape index (κ1) is 20.0. The smallest absolute Gasteiger partial charge is 0.244 e. The SMILES string of the molecule is COc1ccc(NC(C)=O)cc1NC(C)C(=O)N(C)C1CCS(=O)(=O)C1. The van der Waals surface area contributed by atoms with Crippen LogP contribution in [0.2, 0.25) is 0 Å². The van der Waals surface area contributed by atoms with Gasteiger partial charge in [-0.05, 0) is 31.5 Å². The lowest BCUT2D eigenvalue weighted by atomic mass is 10.2. The van der Waals surface area contributed by atoms with E-state index < -0.39 is 15.9 Å². The molecule has 1 saturated heterocycles. The number of carbonyl (C=O) groups excluding carboxylic acids is 2. The molecule has 0 spiro atoms. The molecule has 1 aromatic rings. The Labute approximate surface area is 153 Å². The molecule has 0 bridgehead atoms. The summed E-state index contributed by atoms with van der Waals surface area (Å²) in [5.41, 5.74) is 1.14. The molecule has 0 saturated carbocycles. The largest absolute Gasteiger partial charge is 0.495 e. The summed E-state index contributed by atoms with van der Waals surface area (Å²) >= 11 is 0. The Hall–Kier alpha value is -2.29. The van der Waals surface area contributed by atoms with Crippen molar-refractivity contribution in [1.82, 2.24) is 4.90 Å². The summed E-state index contributed by atoms with van der Waals surface area (Å²) in [6.07, 6.45) is 0.457. The van der Waals surface area contributed by atoms with E-state index in [0.717, 1.165) is 0 Å². The minimum absolute atomic E-state index is 0.00327. The van der Waals surface area contributed by atoms with Gasteiger partial charge in [-0.2, -0.15) is 0 Å². The maximum atomic E-state index is 12.7. The Morgan fingerprint density at radius 3 is 2.58 bits per heavy atom. The third kappa shape index (κ3) is 4.87. The van der Waals surface area contributed by atoms with E-state index in [1.165, 1.54) is 18.9 Å². The van der Waals surface area contributed by atoms with Crippen LogP contribution in [0.15, 0.2) is 18.2 Å². The van der Waals surface area contributed by atoms with Gasteiger partial charge >= 0.3 is 0 Å². The Balaban J connectivity index is 2.11. The maximum Gasteiger partial charge on any atom is 0.244 e. The number of nitrogens with zero attached hydrogens (tertiary/aromatic N) is 1. The van der Waals surface area contributed by atoms with Gasteiger partial charge < -0.3 is 20.3 Å². The van der Waals surface area contributed by atoms with E-state index in [-0.39, 0.29) is 29.4 Å². The van der Waals surface area contributed by atoms with Crippen LogP contribution < -0.4 is 15.4 Å². The van der Waals surface area contributed by atoms with Crippen molar-refractivity contribution in [2.24, 2.45) is 0 Å². The first-order valence-corrected chi connectivity index (χ1v) is 10.1. The quantitative estimate of drug-likeness (QED) is 0.762. The van der Waals surface area contributed by atoms with Crippen LogP contribution in [0.3, 0.4) is 0 Å². The second-order valence-corrected chi connectivity index (χ2v) is 8.70. The van der Waals surface area contributed by atoms with Gasteiger partial charge in [0.15, 0.2) is 9.84 Å². The molecule has 1 aliphatic heterocycles. The zero-order chi connectivity index (χ0) is 19.5. The normalized spacial score (nSPS) is 19.5. The summed E-state index contributed by atoms with van der Waals surface area (Å²) in [5.74, 6) is 0.240. The van der Waals surface area contributed by atoms with Gasteiger partial charge in [-0.3, -0.25) is 9.59 Å². The number of amides is 2. The molecule has 1 aliphatic rings. The van der Waals surface area contributed by atoms with E-state index in [1.54, 1.807) is 32.2 Å². The lowest BCUT2D eigenvalue weighted by Crippen LogP contribution is -2.45. The lowest BCUT2D eigenvalue weighted by molar-refractivity contribution is -0.132. The van der Waals surface area contributed by atoms with Gasteiger partial charge in [-0.15, -0.1) is 0 Å². The van der Waals surface area contributed by atoms with E-state index in [1.807, 2.05) is 0 Å². The van der Waals surface area contributed by atoms with Crippen LogP contribution in [0.25, 0.3) is 0 Å². The number of rotatable bonds is 6. The molecular weight excluding hydrogens is 358 g/mol. The van der Waals surface area contributed by atoms with Crippen molar-refractivity contribution in [2.75, 3.05) is 36.3 Å². The van der Waals surface area contributed by atoms with Crippen molar-refractivity contribution in [3.8, 4) is 5.75 Å². The molecule has 2 unspecified atom stereocenters. The maximum absolute atomic E-state index is 12.7. The van der Waals surface area contributed by atoms with Gasteiger partial charge in [0.25, 0.3) is 0 Å². The highest BCUT2D eigenvalue weighted by Crippen LogP contribution is 2.29. The highest BCUT2D eigenvalue weighted by Gasteiger charge is 2.34. The lowest BCUT2D eigenvalue weighted by Gasteiger charge is -2.27. The molecule has 1 heterocycles. The van der Waals surface area contributed by atoms with Crippen LogP contribution in [0.4, 0.5) is 11.4 Å². The number of methoxy groups -OCH3 is 1. The predicted molar refractivity (Wildman–Crippen MR) is 100 cm³/mol. The highest BCUT2D eigenvalue weighted by atomic mass is 32.2. The second-order valence-electron chi connectivity index (χ2n) is 6.47. The van der Waals surface area contributed by atoms with Crippen molar-refractivity contribution >= 4 is 33.0 Å². The first-order chi connectivity index (χ1) is 12.1. The molecule has 1 fully saturated rings. The van der Waals surface area contributed by atoms with Crippen molar-refractivity contribution in [2.45, 2.75) is 32.4 Å². The van der Waals surface area contributed by atoms with Crippen molar-refractivity contribution in [3.05, 3.63) is 18.2 Å². The molecule has 0 aliphatic carbocycles. The minimum atomic E-state index is -3.06. The van der Waals surface area contributed by atoms with Crippen LogP contribution in [-0.2, 0) is 19.4 Å². The standard InChI is InChI=1S/C17H25N3O5S/c1-11(17(22)20(3)14-7-8-26(23,24)10-14)18-15-9-13(19-12(2)21)5-6-16(15)25-4/h5-6,9,11,14,18H,7-8,10H2,1-4H3,(H,19,21). The first-order valence-electron chi connectivity index (χ1n) is 8.32. The van der Waals surface area contributed by atoms with Gasteiger partial charge in [0, 0.05) is 25.7 Å². The molecule has 144 valence electrons. The van der Waals surface area contributed by atoms with E-state index in [0.29, 0.717) is 23.5 Å². The molecule has 2 N–H and O–H groups in total. The van der Waals surface area contributed by atoms with Crippen molar-refractivity contribution in [1.29, 1.82) is 0 Å². The predicted octanol–water partition coefficient (Wildman–Crippen LogP) is 1.10. The number of hydrogen-bond donors (Lipinski definition) is 2. The van der Waals surface area contributed by atoms with Gasteiger partial charge in [-0.1, -0.05) is 0 Å². The fraction of sp³-hybridized carbons (Fsp3) is 0.529. The summed E-state index contributed by atoms with van der Waals surface area (Å²) in [5, 5.41) is 5.76. The summed E-state index contributed by atoms with van der Waals surface area (Å²) in [7, 11) is 0.0756. The molecule has 8 nitrogen and oxygen atoms in total. The number of anilines is 2. The third-order valence-electron chi connectivity index (χ3n) is 4.37. The number of nitrogens with one attached hydrogen (secondary N) is 2. The average molecular weight is 383 g/mol. The monoisotopic (exact) mass is 383 g/mol. The average Bonchev–Trinajstić information content (AvgIpc) is 2.93. The molecule has 0 radical (unpaired) electrons. The van der Waals surface area contributed by atoms with Crippen LogP contribution >= 0.6 is 0 Å². The Morgan fingerprint density at radius 1 is 1.35 bits per heavy atom. The molecule has 1 aromatic carbocycles. The Kier molecular flexibility index (Phi) is 6.12. The van der Waals surface area contributed by atoms with E-state index >= 15 is 0 Å². The number of hydrogen-bond acceptors (Lipinski definition) is 6. The molecule has 2 rings (SSSR count). The third-order valence-corrected chi connectivity index (χ3v) is 6.12. The molecule has 9 heteroatoms. The minimum Gasteiger partial charge on any atom is -0.495 e. The van der Waals surface area contributed by atoms with E-state index in [2.05, 4.69) is 10.6 Å². The Bertz CT molecular complexity index is 794. The molecule has 2 atom stereocenters. The zero-order valence-corrected chi connectivity index (χ0v) is 16.2. The van der Waals surface area contributed by atoms with Gasteiger partial charge in [0.1, 0.15) is 11.8 Å². The van der Waals surface area contributed by atoms with Gasteiger partial charge in [0.2, 0.25) is 11.8 Å². The number of benzene rings is 1. The zero-order valence-electron chi connectivity index (χ0n) is 15.4. The van der Waals surface area contributed by atoms with Crippen LogP contribution in [0.1, 0.15) is 20.3 Å². The van der Waals surface area contributed by atoms with E-state index in [4.69, 9.17) is 4.74 Å². The summed E-state index contributed by atoms with van der Waals surface area (Å²) in [4.78, 5) is 25.4. The van der Waals surface area contributed by atoms with E-state index in [9.17, 15) is 18.0 Å². The van der Waals surface area contributed by atoms with Gasteiger partial charge in [0.05, 0.1) is 24.3 Å². The summed E-state index contributed by atoms with van der Waals surface area (Å²) < 4.78 is 28.6. The van der Waals surface area contributed by atoms with Crippen molar-refractivity contribution < 1.29 is 22.7 Å². The Morgan fingerprint density at radius 2 is 2.04 bits per heavy atom. The fourth-order valence-corrected chi connectivity index (χ4v) is 4.74. The van der Waals surface area contributed by atoms with Crippen molar-refractivity contribution in [3.63, 3.8) is 0 Å². The number of sulfone groups is 1. The summed E-state index contributed by atoms with van der Waals surface area (Å²) in [6, 6.07) is 4.18. The number of ether oxygens (including phenoxy) is 1. The second kappa shape index (κ2) is 7.94. The number of likely N-dealkylation sites (N-methyl/N-ethyl adjacent to an activating group) is 1. The van der Waals surface area contributed by atoms with Crippen LogP contribution in [-0.4, -0.2) is 62.9 Å². The molecule has 26 heavy (non-hydrogen) atoms. The fourth-order valence-electron chi connectivity index (χ4n) is 2.96. The van der Waals surface area contributed by atoms with Crippen LogP contribution in [0, 0.1) is 0 Å². The topological polar surface area (TPSA) is 105 Å². The molecular formula is C17H25N3O5S. The molecule has 2 amide bonds. The highest BCUT2D eigenvalue weighted by molar-refractivity contribution is 7.91. The number of carbonyl (C=O) groups is 2. The summed E-state index contributed by atoms with van der Waals surface area (Å²) in [6.45, 7) is 3.11. The molecule has 0 aromatic heterocycles. The van der Waals surface area contributed by atoms with Gasteiger partial charge in [-0.25, -0.2) is 8.42 Å².